The normalized spacial score (nSPS) is 18.1. The maximum Gasteiger partial charge on any atom is 0.246 e. The van der Waals surface area contributed by atoms with Gasteiger partial charge < -0.3 is 65.1 Å². The molecule has 3 heterocycles. The largest absolute Gasteiger partial charge is 0.377 e. The standard InChI is InChI=1S/C55H99N7O13/c1-43(2)59-45(44(3)63)23-18-19-29-56-49(64)41-74-39-37-72-35-30-57-50(65)42-75-40-38-73-36-31-58-53(69)46-24-20-33-61(46)55(71)48-26-22-34-62(48)54(70)47-25-21-32-60(47)51(66)27-16-14-12-10-8-6-4-5-7-9-11-13-15-17-28-52(67)68/h43,45-48,52,59,67-68H,4-42H2,1-3H3,(H,56,64)(H,57,65)(H,58,69)/t45-,46?,47?,48+/m0/s1. The van der Waals surface area contributed by atoms with Gasteiger partial charge in [-0.2, -0.15) is 0 Å². The van der Waals surface area contributed by atoms with Crippen LogP contribution >= 0.6 is 0 Å². The molecule has 0 saturated carbocycles. The molecule has 0 bridgehead atoms. The van der Waals surface area contributed by atoms with Crippen LogP contribution in [0.3, 0.4) is 0 Å². The third kappa shape index (κ3) is 28.4. The Labute approximate surface area is 448 Å². The number of rotatable bonds is 44. The lowest BCUT2D eigenvalue weighted by Crippen LogP contribution is -2.55. The molecule has 20 nitrogen and oxygen atoms in total. The van der Waals surface area contributed by atoms with Crippen LogP contribution in [0.25, 0.3) is 0 Å². The summed E-state index contributed by atoms with van der Waals surface area (Å²) in [6, 6.07) is -1.74. The van der Waals surface area contributed by atoms with Gasteiger partial charge in [0.05, 0.1) is 45.7 Å². The van der Waals surface area contributed by atoms with Crippen LogP contribution < -0.4 is 21.3 Å². The molecule has 2 unspecified atom stereocenters. The van der Waals surface area contributed by atoms with Gasteiger partial charge in [-0.25, -0.2) is 0 Å². The number of Topliss-reactive ketones (excluding diaryl/α,β-unsaturated/α-hetero) is 1. The van der Waals surface area contributed by atoms with Crippen molar-refractivity contribution in [2.45, 2.75) is 218 Å². The van der Waals surface area contributed by atoms with Gasteiger partial charge in [-0.15, -0.1) is 0 Å². The first-order chi connectivity index (χ1) is 36.3. The number of hydrogen-bond acceptors (Lipinski definition) is 14. The molecule has 0 aromatic rings. The van der Waals surface area contributed by atoms with Crippen molar-refractivity contribution in [1.82, 2.24) is 36.0 Å². The molecule has 20 heteroatoms. The lowest BCUT2D eigenvalue weighted by atomic mass is 10.0. The monoisotopic (exact) mass is 1070 g/mol. The van der Waals surface area contributed by atoms with E-state index in [9.17, 15) is 33.6 Å². The Bertz CT molecular complexity index is 1640. The zero-order valence-corrected chi connectivity index (χ0v) is 46.3. The van der Waals surface area contributed by atoms with Gasteiger partial charge in [0.1, 0.15) is 37.1 Å². The Morgan fingerprint density at radius 1 is 0.493 bits per heavy atom. The molecule has 432 valence electrons. The summed E-state index contributed by atoms with van der Waals surface area (Å²) in [5.74, 6) is -0.987. The molecular formula is C55H99N7O13. The van der Waals surface area contributed by atoms with Crippen LogP contribution in [0.15, 0.2) is 0 Å². The predicted molar refractivity (Wildman–Crippen MR) is 285 cm³/mol. The van der Waals surface area contributed by atoms with E-state index in [0.29, 0.717) is 71.1 Å². The van der Waals surface area contributed by atoms with Crippen molar-refractivity contribution < 1.29 is 62.7 Å². The first-order valence-corrected chi connectivity index (χ1v) is 28.9. The second-order valence-electron chi connectivity index (χ2n) is 20.9. The number of aliphatic hydroxyl groups is 2. The Morgan fingerprint density at radius 2 is 0.920 bits per heavy atom. The summed E-state index contributed by atoms with van der Waals surface area (Å²) < 4.78 is 21.8. The van der Waals surface area contributed by atoms with E-state index >= 15 is 0 Å². The second-order valence-corrected chi connectivity index (χ2v) is 20.9. The van der Waals surface area contributed by atoms with Gasteiger partial charge in [-0.3, -0.25) is 33.6 Å². The van der Waals surface area contributed by atoms with E-state index in [4.69, 9.17) is 29.2 Å². The third-order valence-corrected chi connectivity index (χ3v) is 14.2. The highest BCUT2D eigenvalue weighted by Gasteiger charge is 2.45. The van der Waals surface area contributed by atoms with Crippen LogP contribution in [0.5, 0.6) is 0 Å². The van der Waals surface area contributed by atoms with Crippen molar-refractivity contribution in [3.8, 4) is 0 Å². The molecule has 3 saturated heterocycles. The smallest absolute Gasteiger partial charge is 0.246 e. The molecule has 4 atom stereocenters. The lowest BCUT2D eigenvalue weighted by Gasteiger charge is -2.34. The van der Waals surface area contributed by atoms with Gasteiger partial charge in [-0.05, 0) is 84.0 Å². The summed E-state index contributed by atoms with van der Waals surface area (Å²) in [5.41, 5.74) is 0. The molecule has 0 aromatic heterocycles. The Hall–Kier alpha value is -3.79. The van der Waals surface area contributed by atoms with Gasteiger partial charge in [0, 0.05) is 51.7 Å². The molecular weight excluding hydrogens is 967 g/mol. The summed E-state index contributed by atoms with van der Waals surface area (Å²) in [6.07, 6.45) is 21.8. The molecule has 3 fully saturated rings. The van der Waals surface area contributed by atoms with Crippen LogP contribution in [0.2, 0.25) is 0 Å². The zero-order valence-electron chi connectivity index (χ0n) is 46.3. The molecule has 3 aliphatic heterocycles. The van der Waals surface area contributed by atoms with E-state index in [-0.39, 0.29) is 119 Å². The van der Waals surface area contributed by atoms with E-state index in [1.807, 2.05) is 13.8 Å². The third-order valence-electron chi connectivity index (χ3n) is 14.2. The summed E-state index contributed by atoms with van der Waals surface area (Å²) in [7, 11) is 0. The quantitative estimate of drug-likeness (QED) is 0.0372. The average molecular weight is 1070 g/mol. The minimum Gasteiger partial charge on any atom is -0.377 e. The summed E-state index contributed by atoms with van der Waals surface area (Å²) in [5, 5.41) is 29.5. The molecule has 3 aliphatic rings. The summed E-state index contributed by atoms with van der Waals surface area (Å²) >= 11 is 0. The number of likely N-dealkylation sites (tertiary alicyclic amines) is 3. The van der Waals surface area contributed by atoms with E-state index in [2.05, 4.69) is 21.3 Å². The summed E-state index contributed by atoms with van der Waals surface area (Å²) in [6.45, 7) is 9.28. The van der Waals surface area contributed by atoms with Gasteiger partial charge >= 0.3 is 0 Å². The van der Waals surface area contributed by atoms with E-state index < -0.39 is 24.4 Å². The minimum atomic E-state index is -1.17. The molecule has 75 heavy (non-hydrogen) atoms. The fourth-order valence-corrected chi connectivity index (χ4v) is 10.2. The molecule has 3 rings (SSSR count). The first kappa shape index (κ1) is 65.5. The molecule has 6 N–H and O–H groups in total. The Morgan fingerprint density at radius 3 is 1.44 bits per heavy atom. The Balaban J connectivity index is 1.17. The molecule has 6 amide bonds. The van der Waals surface area contributed by atoms with E-state index in [1.54, 1.807) is 21.6 Å². The van der Waals surface area contributed by atoms with Gasteiger partial charge in [-0.1, -0.05) is 90.9 Å². The fourth-order valence-electron chi connectivity index (χ4n) is 10.2. The first-order valence-electron chi connectivity index (χ1n) is 28.9. The fraction of sp³-hybridized carbons (Fsp3) is 0.873. The van der Waals surface area contributed by atoms with Crippen LogP contribution in [0, 0.1) is 0 Å². The van der Waals surface area contributed by atoms with Crippen molar-refractivity contribution in [2.24, 2.45) is 0 Å². The number of carbonyl (C=O) groups excluding carboxylic acids is 7. The SMILES string of the molecule is CC(=O)[C@H](CCCCNC(=O)COCCOCCNC(=O)COCCOCCNC(=O)C1CCCN1C(=O)[C@H]1CCCN1C(=O)C1CCCN1C(=O)CCCCCCCCCCCCCCCCC(O)O)NC(C)C. The molecule has 0 radical (unpaired) electrons. The van der Waals surface area contributed by atoms with Crippen LogP contribution in [-0.2, 0) is 52.5 Å². The number of nitrogens with zero attached hydrogens (tertiary/aromatic N) is 3. The van der Waals surface area contributed by atoms with Crippen LogP contribution in [0.4, 0.5) is 0 Å². The van der Waals surface area contributed by atoms with Crippen molar-refractivity contribution >= 4 is 41.2 Å². The zero-order chi connectivity index (χ0) is 54.5. The number of hydrogen-bond donors (Lipinski definition) is 6. The highest BCUT2D eigenvalue weighted by Crippen LogP contribution is 2.29. The Kier molecular flexibility index (Phi) is 35.3. The number of aliphatic hydroxyl groups excluding tert-OH is 1. The van der Waals surface area contributed by atoms with E-state index in [0.717, 1.165) is 64.2 Å². The highest BCUT2D eigenvalue weighted by atomic mass is 16.5. The maximum atomic E-state index is 14.0. The highest BCUT2D eigenvalue weighted by molar-refractivity contribution is 5.95. The van der Waals surface area contributed by atoms with Crippen LogP contribution in [0.1, 0.15) is 181 Å². The number of unbranched alkanes of at least 4 members (excludes halogenated alkanes) is 14. The predicted octanol–water partition coefficient (Wildman–Crippen LogP) is 4.05. The average Bonchev–Trinajstić information content (AvgIpc) is 4.19. The van der Waals surface area contributed by atoms with Gasteiger partial charge in [0.2, 0.25) is 35.4 Å². The number of amides is 6. The van der Waals surface area contributed by atoms with Crippen molar-refractivity contribution in [3.05, 3.63) is 0 Å². The number of ether oxygens (including phenoxy) is 4. The van der Waals surface area contributed by atoms with Crippen molar-refractivity contribution in [1.29, 1.82) is 0 Å². The number of ketones is 1. The number of nitrogens with one attached hydrogen (secondary N) is 4. The topological polar surface area (TPSA) is 255 Å². The molecule has 0 aromatic carbocycles. The van der Waals surface area contributed by atoms with Crippen molar-refractivity contribution in [3.63, 3.8) is 0 Å². The number of carbonyl (C=O) groups is 7. The minimum absolute atomic E-state index is 0.0220. The summed E-state index contributed by atoms with van der Waals surface area (Å²) in [4.78, 5) is 95.6. The molecule has 0 spiro atoms. The lowest BCUT2D eigenvalue weighted by molar-refractivity contribution is -0.150. The van der Waals surface area contributed by atoms with E-state index in [1.165, 1.54) is 51.4 Å². The van der Waals surface area contributed by atoms with Gasteiger partial charge in [0.25, 0.3) is 0 Å². The second kappa shape index (κ2) is 40.4. The maximum absolute atomic E-state index is 14.0. The molecule has 0 aliphatic carbocycles. The van der Waals surface area contributed by atoms with Crippen molar-refractivity contribution in [2.75, 3.05) is 92.1 Å². The van der Waals surface area contributed by atoms with Crippen LogP contribution in [-0.4, -0.2) is 195 Å². The van der Waals surface area contributed by atoms with Gasteiger partial charge in [0.15, 0.2) is 6.29 Å².